The number of halogens is 1. The summed E-state index contributed by atoms with van der Waals surface area (Å²) < 4.78 is 18.6. The first-order valence-electron chi connectivity index (χ1n) is 8.20. The highest BCUT2D eigenvalue weighted by Gasteiger charge is 2.27. The van der Waals surface area contributed by atoms with Crippen molar-refractivity contribution in [3.05, 3.63) is 71.5 Å². The van der Waals surface area contributed by atoms with E-state index in [1.54, 1.807) is 44.2 Å². The first-order valence-corrected chi connectivity index (χ1v) is 8.20. The molecular formula is C20H20FNO4. The molecule has 1 atom stereocenters. The Morgan fingerprint density at radius 1 is 1.00 bits per heavy atom. The summed E-state index contributed by atoms with van der Waals surface area (Å²) in [5.41, 5.74) is 0.267. The number of carbonyl (C=O) groups is 3. The Bertz CT molecular complexity index is 789. The maximum absolute atomic E-state index is 13.6. The molecule has 0 bridgehead atoms. The Labute approximate surface area is 151 Å². The Hall–Kier alpha value is -3.02. The Balaban J connectivity index is 1.99. The molecule has 0 saturated carbocycles. The molecule has 0 fully saturated rings. The Morgan fingerprint density at radius 2 is 1.62 bits per heavy atom. The number of esters is 1. The fourth-order valence-electron chi connectivity index (χ4n) is 2.30. The first-order chi connectivity index (χ1) is 12.4. The van der Waals surface area contributed by atoms with Gasteiger partial charge in [0, 0.05) is 5.56 Å². The van der Waals surface area contributed by atoms with E-state index in [0.29, 0.717) is 5.56 Å². The molecule has 0 unspecified atom stereocenters. The van der Waals surface area contributed by atoms with Gasteiger partial charge in [0.15, 0.2) is 6.61 Å². The first kappa shape index (κ1) is 19.3. The van der Waals surface area contributed by atoms with Crippen LogP contribution in [-0.2, 0) is 9.53 Å². The second kappa shape index (κ2) is 8.89. The fraction of sp³-hybridized carbons (Fsp3) is 0.250. The molecule has 0 aliphatic heterocycles. The summed E-state index contributed by atoms with van der Waals surface area (Å²) in [6, 6.07) is 13.0. The predicted molar refractivity (Wildman–Crippen MR) is 94.2 cm³/mol. The topological polar surface area (TPSA) is 72.5 Å². The van der Waals surface area contributed by atoms with Crippen LogP contribution in [-0.4, -0.2) is 30.3 Å². The van der Waals surface area contributed by atoms with Crippen molar-refractivity contribution in [2.24, 2.45) is 5.92 Å². The molecule has 6 heteroatoms. The highest BCUT2D eigenvalue weighted by atomic mass is 19.1. The van der Waals surface area contributed by atoms with E-state index in [9.17, 15) is 18.8 Å². The van der Waals surface area contributed by atoms with Crippen LogP contribution >= 0.6 is 0 Å². The number of rotatable bonds is 7. The number of ketones is 1. The van der Waals surface area contributed by atoms with E-state index in [4.69, 9.17) is 4.74 Å². The van der Waals surface area contributed by atoms with Gasteiger partial charge in [-0.05, 0) is 30.2 Å². The third-order valence-electron chi connectivity index (χ3n) is 3.76. The largest absolute Gasteiger partial charge is 0.456 e. The van der Waals surface area contributed by atoms with Gasteiger partial charge in [-0.25, -0.2) is 9.18 Å². The predicted octanol–water partition coefficient (Wildman–Crippen LogP) is 3.01. The maximum atomic E-state index is 13.6. The molecule has 1 N–H and O–H groups in total. The van der Waals surface area contributed by atoms with Crippen molar-refractivity contribution in [2.75, 3.05) is 6.61 Å². The average molecular weight is 357 g/mol. The van der Waals surface area contributed by atoms with E-state index in [0.717, 1.165) is 6.07 Å². The van der Waals surface area contributed by atoms with Crippen molar-refractivity contribution in [1.29, 1.82) is 0 Å². The zero-order chi connectivity index (χ0) is 19.1. The normalized spacial score (nSPS) is 11.7. The van der Waals surface area contributed by atoms with Crippen LogP contribution in [0.4, 0.5) is 4.39 Å². The summed E-state index contributed by atoms with van der Waals surface area (Å²) in [6.45, 7) is 2.90. The van der Waals surface area contributed by atoms with Crippen LogP contribution in [0.2, 0.25) is 0 Å². The molecule has 1 amide bonds. The molecule has 0 saturated heterocycles. The van der Waals surface area contributed by atoms with E-state index < -0.39 is 36.1 Å². The highest BCUT2D eigenvalue weighted by Crippen LogP contribution is 2.10. The number of hydrogen-bond donors (Lipinski definition) is 1. The average Bonchev–Trinajstić information content (AvgIpc) is 2.64. The lowest BCUT2D eigenvalue weighted by molar-refractivity contribution is -0.145. The zero-order valence-electron chi connectivity index (χ0n) is 14.6. The number of benzene rings is 2. The number of hydrogen-bond acceptors (Lipinski definition) is 4. The molecule has 0 aromatic heterocycles. The molecule has 5 nitrogen and oxygen atoms in total. The summed E-state index contributed by atoms with van der Waals surface area (Å²) in [6.07, 6.45) is 0. The molecule has 0 aliphatic carbocycles. The van der Waals surface area contributed by atoms with E-state index >= 15 is 0 Å². The smallest absolute Gasteiger partial charge is 0.329 e. The van der Waals surface area contributed by atoms with Crippen LogP contribution < -0.4 is 5.32 Å². The van der Waals surface area contributed by atoms with Gasteiger partial charge in [0.1, 0.15) is 11.9 Å². The van der Waals surface area contributed by atoms with Gasteiger partial charge in [-0.15, -0.1) is 0 Å². The summed E-state index contributed by atoms with van der Waals surface area (Å²) in [4.78, 5) is 36.5. The van der Waals surface area contributed by atoms with E-state index in [1.807, 2.05) is 0 Å². The Morgan fingerprint density at radius 3 is 2.23 bits per heavy atom. The minimum Gasteiger partial charge on any atom is -0.456 e. The highest BCUT2D eigenvalue weighted by molar-refractivity contribution is 5.99. The lowest BCUT2D eigenvalue weighted by Crippen LogP contribution is -2.45. The van der Waals surface area contributed by atoms with Gasteiger partial charge in [-0.3, -0.25) is 9.59 Å². The van der Waals surface area contributed by atoms with Crippen LogP contribution in [0.5, 0.6) is 0 Å². The van der Waals surface area contributed by atoms with Crippen LogP contribution in [0.1, 0.15) is 34.6 Å². The minimum atomic E-state index is -0.920. The number of Topliss-reactive ketones (excluding diaryl/α,β-unsaturated/α-hetero) is 1. The zero-order valence-corrected chi connectivity index (χ0v) is 14.6. The van der Waals surface area contributed by atoms with Gasteiger partial charge < -0.3 is 10.1 Å². The molecule has 2 aromatic carbocycles. The van der Waals surface area contributed by atoms with Crippen LogP contribution in [0.15, 0.2) is 54.6 Å². The van der Waals surface area contributed by atoms with E-state index in [-0.39, 0.29) is 11.5 Å². The summed E-state index contributed by atoms with van der Waals surface area (Å²) >= 11 is 0. The molecule has 0 spiro atoms. The van der Waals surface area contributed by atoms with Crippen LogP contribution in [0, 0.1) is 11.7 Å². The lowest BCUT2D eigenvalue weighted by atomic mass is 10.0. The molecule has 136 valence electrons. The number of amides is 1. The molecular weight excluding hydrogens is 337 g/mol. The van der Waals surface area contributed by atoms with Crippen molar-refractivity contribution < 1.29 is 23.5 Å². The second-order valence-electron chi connectivity index (χ2n) is 6.07. The van der Waals surface area contributed by atoms with Crippen molar-refractivity contribution in [3.63, 3.8) is 0 Å². The molecule has 26 heavy (non-hydrogen) atoms. The number of carbonyl (C=O) groups excluding carboxylic acids is 3. The van der Waals surface area contributed by atoms with Gasteiger partial charge in [0.05, 0.1) is 5.56 Å². The number of nitrogens with one attached hydrogen (secondary N) is 1. The number of ether oxygens (including phenoxy) is 1. The third-order valence-corrected chi connectivity index (χ3v) is 3.76. The molecule has 2 rings (SSSR count). The summed E-state index contributed by atoms with van der Waals surface area (Å²) in [7, 11) is 0. The summed E-state index contributed by atoms with van der Waals surface area (Å²) in [5.74, 6) is -2.73. The second-order valence-corrected chi connectivity index (χ2v) is 6.07. The van der Waals surface area contributed by atoms with E-state index in [1.165, 1.54) is 18.2 Å². The monoisotopic (exact) mass is 357 g/mol. The van der Waals surface area contributed by atoms with Gasteiger partial charge in [-0.2, -0.15) is 0 Å². The maximum Gasteiger partial charge on any atom is 0.329 e. The summed E-state index contributed by atoms with van der Waals surface area (Å²) in [5, 5.41) is 2.61. The van der Waals surface area contributed by atoms with Crippen LogP contribution in [0.3, 0.4) is 0 Å². The quantitative estimate of drug-likeness (QED) is 0.611. The van der Waals surface area contributed by atoms with Gasteiger partial charge >= 0.3 is 5.97 Å². The van der Waals surface area contributed by atoms with Crippen molar-refractivity contribution in [2.45, 2.75) is 19.9 Å². The van der Waals surface area contributed by atoms with Crippen LogP contribution in [0.25, 0.3) is 0 Å². The minimum absolute atomic E-state index is 0.144. The molecule has 0 aliphatic rings. The molecule has 0 radical (unpaired) electrons. The SMILES string of the molecule is CC(C)[C@H](NC(=O)c1ccccc1)C(=O)OCC(=O)c1ccccc1F. The third kappa shape index (κ3) is 4.99. The standard InChI is InChI=1S/C20H20FNO4/c1-13(2)18(22-19(24)14-8-4-3-5-9-14)20(25)26-12-17(23)15-10-6-7-11-16(15)21/h3-11,13,18H,12H2,1-2H3,(H,22,24)/t18-/m0/s1. The van der Waals surface area contributed by atoms with Crippen molar-refractivity contribution in [3.8, 4) is 0 Å². The van der Waals surface area contributed by atoms with E-state index in [2.05, 4.69) is 5.32 Å². The molecule has 0 heterocycles. The van der Waals surface area contributed by atoms with Crippen molar-refractivity contribution in [1.82, 2.24) is 5.32 Å². The molecule has 2 aromatic rings. The Kier molecular flexibility index (Phi) is 6.60. The fourth-order valence-corrected chi connectivity index (χ4v) is 2.30. The van der Waals surface area contributed by atoms with Gasteiger partial charge in [0.2, 0.25) is 5.78 Å². The van der Waals surface area contributed by atoms with Gasteiger partial charge in [-0.1, -0.05) is 44.2 Å². The van der Waals surface area contributed by atoms with Gasteiger partial charge in [0.25, 0.3) is 5.91 Å². The lowest BCUT2D eigenvalue weighted by Gasteiger charge is -2.20. The van der Waals surface area contributed by atoms with Crippen molar-refractivity contribution >= 4 is 17.7 Å².